The fraction of sp³-hybridized carbons (Fsp3) is 0.138. The number of carbonyl (C=O) groups excluding carboxylic acids is 1. The summed E-state index contributed by atoms with van der Waals surface area (Å²) in [6.07, 6.45) is 7.96. The van der Waals surface area contributed by atoms with Crippen molar-refractivity contribution < 1.29 is 4.79 Å². The first kappa shape index (κ1) is 20.2. The van der Waals surface area contributed by atoms with E-state index in [9.17, 15) is 4.79 Å². The molecule has 1 radical (unpaired) electrons. The second-order valence-electron chi connectivity index (χ2n) is 8.26. The van der Waals surface area contributed by atoms with E-state index in [2.05, 4.69) is 66.1 Å². The van der Waals surface area contributed by atoms with Crippen molar-refractivity contribution in [2.75, 3.05) is 6.54 Å². The number of fused-ring (bicyclic) bond motifs is 1. The third-order valence-corrected chi connectivity index (χ3v) is 5.92. The van der Waals surface area contributed by atoms with Crippen LogP contribution in [0.25, 0.3) is 27.6 Å². The van der Waals surface area contributed by atoms with Crippen LogP contribution in [0.2, 0.25) is 0 Å². The number of pyridine rings is 1. The van der Waals surface area contributed by atoms with Gasteiger partial charge in [0.15, 0.2) is 0 Å². The van der Waals surface area contributed by atoms with E-state index in [1.165, 1.54) is 11.1 Å². The van der Waals surface area contributed by atoms with Gasteiger partial charge in [0.25, 0.3) is 5.91 Å². The Morgan fingerprint density at radius 2 is 1.78 bits per heavy atom. The van der Waals surface area contributed by atoms with Crippen molar-refractivity contribution in [3.05, 3.63) is 114 Å². The number of rotatable bonds is 7. The molecular formula is C29H25N2O. The van der Waals surface area contributed by atoms with Gasteiger partial charge in [-0.05, 0) is 77.9 Å². The first-order valence-electron chi connectivity index (χ1n) is 11.1. The number of carbonyl (C=O) groups is 1. The molecule has 0 aliphatic heterocycles. The molecule has 1 aliphatic rings. The Morgan fingerprint density at radius 3 is 2.56 bits per heavy atom. The van der Waals surface area contributed by atoms with Crippen molar-refractivity contribution >= 4 is 22.4 Å². The van der Waals surface area contributed by atoms with Crippen LogP contribution in [0.4, 0.5) is 0 Å². The summed E-state index contributed by atoms with van der Waals surface area (Å²) in [5.74, 6) is -0.0196. The zero-order valence-corrected chi connectivity index (χ0v) is 18.1. The standard InChI is InChI=1S/C29H25N2O/c1-20-17-24(29(32)31-16-5-9-21-7-3-2-4-8-21)13-14-26(20)25-18-23-10-6-15-30-28(23)27(19-25)22-11-12-22/h2-4,6-8,10-15,17-19H,5,9,16H2,1H3,(H,31,32). The fourth-order valence-electron chi connectivity index (χ4n) is 4.16. The molecule has 1 amide bonds. The number of nitrogens with zero attached hydrogens (tertiary/aromatic N) is 1. The Hall–Kier alpha value is -3.72. The highest BCUT2D eigenvalue weighted by molar-refractivity contribution is 6.02. The maximum Gasteiger partial charge on any atom is 0.251 e. The maximum absolute atomic E-state index is 12.7. The number of hydrogen-bond donors (Lipinski definition) is 1. The minimum Gasteiger partial charge on any atom is -0.352 e. The van der Waals surface area contributed by atoms with Gasteiger partial charge in [0.1, 0.15) is 0 Å². The summed E-state index contributed by atoms with van der Waals surface area (Å²) >= 11 is 0. The van der Waals surface area contributed by atoms with Gasteiger partial charge < -0.3 is 5.32 Å². The zero-order valence-electron chi connectivity index (χ0n) is 18.1. The Morgan fingerprint density at radius 1 is 0.938 bits per heavy atom. The molecule has 4 aromatic rings. The van der Waals surface area contributed by atoms with Crippen LogP contribution in [0, 0.1) is 13.3 Å². The largest absolute Gasteiger partial charge is 0.352 e. The summed E-state index contributed by atoms with van der Waals surface area (Å²) in [5.41, 5.74) is 8.80. The Balaban J connectivity index is 1.31. The lowest BCUT2D eigenvalue weighted by Crippen LogP contribution is -2.24. The molecule has 1 heterocycles. The van der Waals surface area contributed by atoms with Crippen LogP contribution in [0.15, 0.2) is 85.1 Å². The molecular weight excluding hydrogens is 392 g/mol. The molecule has 0 fully saturated rings. The molecule has 0 saturated heterocycles. The summed E-state index contributed by atoms with van der Waals surface area (Å²) in [5, 5.41) is 4.18. The molecule has 0 saturated carbocycles. The number of aromatic nitrogens is 1. The lowest BCUT2D eigenvalue weighted by atomic mass is 9.94. The van der Waals surface area contributed by atoms with E-state index in [1.54, 1.807) is 0 Å². The number of hydrogen-bond acceptors (Lipinski definition) is 2. The Labute approximate surface area is 188 Å². The molecule has 5 rings (SSSR count). The summed E-state index contributed by atoms with van der Waals surface area (Å²) in [4.78, 5) is 17.2. The third kappa shape index (κ3) is 4.33. The van der Waals surface area contributed by atoms with Gasteiger partial charge in [0.2, 0.25) is 0 Å². The molecule has 1 aromatic heterocycles. The molecule has 0 bridgehead atoms. The van der Waals surface area contributed by atoms with E-state index < -0.39 is 0 Å². The highest BCUT2D eigenvalue weighted by Crippen LogP contribution is 2.37. The van der Waals surface area contributed by atoms with Gasteiger partial charge in [-0.15, -0.1) is 0 Å². The van der Waals surface area contributed by atoms with Gasteiger partial charge >= 0.3 is 0 Å². The van der Waals surface area contributed by atoms with Crippen molar-refractivity contribution in [2.45, 2.75) is 19.8 Å². The lowest BCUT2D eigenvalue weighted by molar-refractivity contribution is 0.0953. The molecule has 3 aromatic carbocycles. The zero-order chi connectivity index (χ0) is 21.9. The lowest BCUT2D eigenvalue weighted by Gasteiger charge is -2.12. The van der Waals surface area contributed by atoms with Gasteiger partial charge in [0, 0.05) is 35.7 Å². The molecule has 0 spiro atoms. The Kier molecular flexibility index (Phi) is 5.55. The molecule has 1 N–H and O–H groups in total. The summed E-state index contributed by atoms with van der Waals surface area (Å²) in [6, 6.07) is 24.8. The van der Waals surface area contributed by atoms with Crippen LogP contribution in [0.1, 0.15) is 33.5 Å². The molecule has 1 aliphatic carbocycles. The summed E-state index contributed by atoms with van der Waals surface area (Å²) in [6.45, 7) is 2.73. The summed E-state index contributed by atoms with van der Waals surface area (Å²) < 4.78 is 0. The van der Waals surface area contributed by atoms with E-state index in [0.717, 1.165) is 46.0 Å². The number of aryl methyl sites for hydroxylation is 2. The van der Waals surface area contributed by atoms with E-state index in [0.29, 0.717) is 12.1 Å². The van der Waals surface area contributed by atoms with Crippen molar-refractivity contribution in [2.24, 2.45) is 0 Å². The van der Waals surface area contributed by atoms with Gasteiger partial charge in [-0.25, -0.2) is 0 Å². The van der Waals surface area contributed by atoms with E-state index >= 15 is 0 Å². The van der Waals surface area contributed by atoms with Crippen LogP contribution >= 0.6 is 0 Å². The molecule has 0 unspecified atom stereocenters. The molecule has 3 heteroatoms. The topological polar surface area (TPSA) is 42.0 Å². The molecule has 32 heavy (non-hydrogen) atoms. The average molecular weight is 418 g/mol. The van der Waals surface area contributed by atoms with Crippen molar-refractivity contribution in [1.29, 1.82) is 0 Å². The number of benzene rings is 3. The van der Waals surface area contributed by atoms with Crippen LogP contribution in [0.5, 0.6) is 0 Å². The molecule has 157 valence electrons. The monoisotopic (exact) mass is 417 g/mol. The van der Waals surface area contributed by atoms with E-state index in [4.69, 9.17) is 0 Å². The molecule has 0 atom stereocenters. The van der Waals surface area contributed by atoms with Crippen LogP contribution in [-0.4, -0.2) is 17.4 Å². The first-order valence-corrected chi connectivity index (χ1v) is 11.1. The number of amides is 1. The normalized spacial score (nSPS) is 12.5. The van der Waals surface area contributed by atoms with Gasteiger partial charge in [0.05, 0.1) is 5.52 Å². The van der Waals surface area contributed by atoms with Crippen molar-refractivity contribution in [3.63, 3.8) is 0 Å². The maximum atomic E-state index is 12.7. The Bertz CT molecular complexity index is 1320. The van der Waals surface area contributed by atoms with Gasteiger partial charge in [-0.1, -0.05) is 48.5 Å². The fourth-order valence-corrected chi connectivity index (χ4v) is 4.16. The van der Waals surface area contributed by atoms with Crippen LogP contribution in [-0.2, 0) is 6.42 Å². The second-order valence-corrected chi connectivity index (χ2v) is 8.26. The predicted octanol–water partition coefficient (Wildman–Crippen LogP) is 6.17. The minimum absolute atomic E-state index is 0.0196. The predicted molar refractivity (Wildman–Crippen MR) is 131 cm³/mol. The van der Waals surface area contributed by atoms with Gasteiger partial charge in [-0.3, -0.25) is 9.78 Å². The minimum atomic E-state index is -0.0196. The SMILES string of the molecule is Cc1cc(C(=O)NCCCc2ccccc2)ccc1-c1cc(C2=C[CH]2)c2ncccc2c1. The first-order chi connectivity index (χ1) is 15.7. The number of allylic oxidation sites excluding steroid dienone is 2. The van der Waals surface area contributed by atoms with Crippen molar-refractivity contribution in [3.8, 4) is 11.1 Å². The smallest absolute Gasteiger partial charge is 0.251 e. The van der Waals surface area contributed by atoms with E-state index in [1.807, 2.05) is 42.6 Å². The summed E-state index contributed by atoms with van der Waals surface area (Å²) in [7, 11) is 0. The van der Waals surface area contributed by atoms with Crippen LogP contribution in [0.3, 0.4) is 0 Å². The number of nitrogens with one attached hydrogen (secondary N) is 1. The highest BCUT2D eigenvalue weighted by atomic mass is 16.1. The average Bonchev–Trinajstić information content (AvgIpc) is 3.67. The van der Waals surface area contributed by atoms with Gasteiger partial charge in [-0.2, -0.15) is 0 Å². The highest BCUT2D eigenvalue weighted by Gasteiger charge is 2.17. The second kappa shape index (κ2) is 8.80. The molecule has 3 nitrogen and oxygen atoms in total. The van der Waals surface area contributed by atoms with Crippen LogP contribution < -0.4 is 5.32 Å². The third-order valence-electron chi connectivity index (χ3n) is 5.92. The van der Waals surface area contributed by atoms with Crippen molar-refractivity contribution in [1.82, 2.24) is 10.3 Å². The van der Waals surface area contributed by atoms with E-state index in [-0.39, 0.29) is 5.91 Å². The quantitative estimate of drug-likeness (QED) is 0.365.